The van der Waals surface area contributed by atoms with E-state index in [1.807, 2.05) is 45.2 Å². The third-order valence-corrected chi connectivity index (χ3v) is 7.52. The van der Waals surface area contributed by atoms with Crippen LogP contribution in [0.4, 0.5) is 15.0 Å². The van der Waals surface area contributed by atoms with Crippen LogP contribution >= 0.6 is 11.8 Å². The van der Waals surface area contributed by atoms with Crippen LogP contribution in [-0.4, -0.2) is 69.0 Å². The number of nitrogens with zero attached hydrogens (tertiary/aromatic N) is 5. The van der Waals surface area contributed by atoms with Crippen molar-refractivity contribution >= 4 is 35.2 Å². The van der Waals surface area contributed by atoms with E-state index in [1.165, 1.54) is 18.0 Å². The van der Waals surface area contributed by atoms with Crippen molar-refractivity contribution < 1.29 is 18.7 Å². The molecule has 4 heterocycles. The predicted molar refractivity (Wildman–Crippen MR) is 144 cm³/mol. The number of ether oxygens (including phenoxy) is 1. The zero-order valence-corrected chi connectivity index (χ0v) is 22.9. The number of likely N-dealkylation sites (tertiary alicyclic amines) is 1. The summed E-state index contributed by atoms with van der Waals surface area (Å²) in [7, 11) is 0. The second kappa shape index (κ2) is 10.4. The van der Waals surface area contributed by atoms with E-state index in [-0.39, 0.29) is 29.9 Å². The molecular formula is C27H33FN6O3S. The summed E-state index contributed by atoms with van der Waals surface area (Å²) in [4.78, 5) is 34.6. The molecule has 0 saturated carbocycles. The van der Waals surface area contributed by atoms with E-state index in [4.69, 9.17) is 9.84 Å². The number of aromatic nitrogens is 3. The van der Waals surface area contributed by atoms with Crippen LogP contribution in [0.15, 0.2) is 41.4 Å². The number of halogens is 1. The highest BCUT2D eigenvalue weighted by Crippen LogP contribution is 2.37. The van der Waals surface area contributed by atoms with Gasteiger partial charge in [-0.2, -0.15) is 0 Å². The van der Waals surface area contributed by atoms with Crippen LogP contribution in [0.25, 0.3) is 5.65 Å². The molecule has 0 aliphatic carbocycles. The number of hydrogen-bond acceptors (Lipinski definition) is 7. The molecule has 5 rings (SSSR count). The van der Waals surface area contributed by atoms with Crippen molar-refractivity contribution in [3.63, 3.8) is 0 Å². The lowest BCUT2D eigenvalue weighted by Gasteiger charge is -2.26. The first-order chi connectivity index (χ1) is 18.1. The molecule has 0 unspecified atom stereocenters. The molecule has 2 atom stereocenters. The van der Waals surface area contributed by atoms with Gasteiger partial charge in [0, 0.05) is 30.6 Å². The molecule has 3 aromatic rings. The highest BCUT2D eigenvalue weighted by Gasteiger charge is 2.32. The Morgan fingerprint density at radius 3 is 2.74 bits per heavy atom. The number of benzene rings is 1. The van der Waals surface area contributed by atoms with E-state index in [1.54, 1.807) is 21.5 Å². The number of imidazole rings is 1. The standard InChI is InChI=1S/C27H33FN6O3S/c1-27(2,3)37-26(36)32-11-9-19(16-32)30-25(35)22-15-29-23-7-8-24(31-34(22)23)33-10-5-6-21(33)17-12-18(28)14-20(13-17)38-4/h7-8,12-15,19,21H,5-6,9-11,16H2,1-4H3,(H,30,35)/t19-,21+/m0/s1. The summed E-state index contributed by atoms with van der Waals surface area (Å²) >= 11 is 1.52. The predicted octanol–water partition coefficient (Wildman–Crippen LogP) is 4.67. The Bertz CT molecular complexity index is 1360. The number of rotatable bonds is 5. The lowest BCUT2D eigenvalue weighted by atomic mass is 10.0. The van der Waals surface area contributed by atoms with Gasteiger partial charge in [-0.3, -0.25) is 4.79 Å². The Morgan fingerprint density at radius 1 is 1.16 bits per heavy atom. The number of thioether (sulfide) groups is 1. The van der Waals surface area contributed by atoms with Crippen LogP contribution in [0, 0.1) is 5.82 Å². The quantitative estimate of drug-likeness (QED) is 0.470. The number of hydrogen-bond donors (Lipinski definition) is 1. The monoisotopic (exact) mass is 540 g/mol. The van der Waals surface area contributed by atoms with E-state index < -0.39 is 5.60 Å². The lowest BCUT2D eigenvalue weighted by Crippen LogP contribution is -2.40. The van der Waals surface area contributed by atoms with E-state index in [0.717, 1.165) is 29.8 Å². The first-order valence-corrected chi connectivity index (χ1v) is 14.1. The largest absolute Gasteiger partial charge is 0.444 e. The minimum absolute atomic E-state index is 0.000302. The lowest BCUT2D eigenvalue weighted by molar-refractivity contribution is 0.0290. The molecule has 2 fully saturated rings. The van der Waals surface area contributed by atoms with Crippen LogP contribution in [-0.2, 0) is 4.74 Å². The summed E-state index contributed by atoms with van der Waals surface area (Å²) < 4.78 is 21.3. The fraction of sp³-hybridized carbons (Fsp3) is 0.481. The third kappa shape index (κ3) is 5.57. The highest BCUT2D eigenvalue weighted by atomic mass is 32.2. The molecular weight excluding hydrogens is 507 g/mol. The van der Waals surface area contributed by atoms with E-state index in [9.17, 15) is 14.0 Å². The van der Waals surface area contributed by atoms with Crippen LogP contribution in [0.3, 0.4) is 0 Å². The number of nitrogens with one attached hydrogen (secondary N) is 1. The zero-order chi connectivity index (χ0) is 27.0. The van der Waals surface area contributed by atoms with Crippen molar-refractivity contribution in [1.29, 1.82) is 0 Å². The van der Waals surface area contributed by atoms with Crippen molar-refractivity contribution in [2.45, 2.75) is 62.6 Å². The van der Waals surface area contributed by atoms with Gasteiger partial charge in [-0.05, 0) is 82.2 Å². The zero-order valence-electron chi connectivity index (χ0n) is 22.1. The first-order valence-electron chi connectivity index (χ1n) is 12.9. The molecule has 9 nitrogen and oxygen atoms in total. The molecule has 2 aliphatic rings. The van der Waals surface area contributed by atoms with E-state index in [2.05, 4.69) is 15.2 Å². The Kier molecular flexibility index (Phi) is 7.21. The maximum atomic E-state index is 14.3. The van der Waals surface area contributed by atoms with Gasteiger partial charge >= 0.3 is 6.09 Å². The molecule has 2 aromatic heterocycles. The van der Waals surface area contributed by atoms with Gasteiger partial charge in [0.05, 0.1) is 12.2 Å². The Balaban J connectivity index is 1.32. The van der Waals surface area contributed by atoms with Gasteiger partial charge in [-0.15, -0.1) is 16.9 Å². The van der Waals surface area contributed by atoms with E-state index in [0.29, 0.717) is 36.7 Å². The summed E-state index contributed by atoms with van der Waals surface area (Å²) in [5.41, 5.74) is 1.24. The molecule has 202 valence electrons. The van der Waals surface area contributed by atoms with Crippen molar-refractivity contribution in [2.24, 2.45) is 0 Å². The Hall–Kier alpha value is -3.34. The fourth-order valence-corrected chi connectivity index (χ4v) is 5.57. The Labute approximate surface area is 225 Å². The highest BCUT2D eigenvalue weighted by molar-refractivity contribution is 7.98. The van der Waals surface area contributed by atoms with Crippen molar-refractivity contribution in [2.75, 3.05) is 30.8 Å². The van der Waals surface area contributed by atoms with Gasteiger partial charge in [-0.1, -0.05) is 0 Å². The maximum Gasteiger partial charge on any atom is 0.410 e. The smallest absolute Gasteiger partial charge is 0.410 e. The second-order valence-corrected chi connectivity index (χ2v) is 11.6. The minimum atomic E-state index is -0.571. The number of carbonyl (C=O) groups is 2. The van der Waals surface area contributed by atoms with Gasteiger partial charge in [0.25, 0.3) is 5.91 Å². The van der Waals surface area contributed by atoms with Gasteiger partial charge in [-0.25, -0.2) is 18.7 Å². The van der Waals surface area contributed by atoms with E-state index >= 15 is 0 Å². The number of amides is 2. The van der Waals surface area contributed by atoms with Crippen molar-refractivity contribution in [1.82, 2.24) is 24.8 Å². The van der Waals surface area contributed by atoms with Crippen LogP contribution < -0.4 is 10.2 Å². The van der Waals surface area contributed by atoms with Gasteiger partial charge < -0.3 is 19.9 Å². The molecule has 0 bridgehead atoms. The average molecular weight is 541 g/mol. The normalized spacial score (nSPS) is 19.8. The number of anilines is 1. The van der Waals surface area contributed by atoms with Crippen LogP contribution in [0.1, 0.15) is 62.1 Å². The topological polar surface area (TPSA) is 92.1 Å². The van der Waals surface area contributed by atoms with Gasteiger partial charge in [0.1, 0.15) is 17.2 Å². The second-order valence-electron chi connectivity index (χ2n) is 10.8. The first kappa shape index (κ1) is 26.3. The third-order valence-electron chi connectivity index (χ3n) is 6.82. The maximum absolute atomic E-state index is 14.3. The molecule has 1 N–H and O–H groups in total. The molecule has 2 aliphatic heterocycles. The Morgan fingerprint density at radius 2 is 1.97 bits per heavy atom. The number of fused-ring (bicyclic) bond motifs is 1. The molecule has 38 heavy (non-hydrogen) atoms. The molecule has 11 heteroatoms. The molecule has 2 saturated heterocycles. The SMILES string of the molecule is CSc1cc(F)cc([C@H]2CCCN2c2ccc3ncc(C(=O)N[C@H]4CCN(C(=O)OC(C)(C)C)C4)n3n2)c1. The van der Waals surface area contributed by atoms with Gasteiger partial charge in [0.2, 0.25) is 0 Å². The fourth-order valence-electron chi connectivity index (χ4n) is 5.08. The van der Waals surface area contributed by atoms with Crippen LogP contribution in [0.5, 0.6) is 0 Å². The summed E-state index contributed by atoms with van der Waals surface area (Å²) in [6, 6.07) is 8.73. The molecule has 0 spiro atoms. The summed E-state index contributed by atoms with van der Waals surface area (Å²) in [6.07, 6.45) is 5.57. The summed E-state index contributed by atoms with van der Waals surface area (Å²) in [6.45, 7) is 7.18. The summed E-state index contributed by atoms with van der Waals surface area (Å²) in [5, 5.41) is 7.79. The van der Waals surface area contributed by atoms with Gasteiger partial charge in [0.15, 0.2) is 11.3 Å². The minimum Gasteiger partial charge on any atom is -0.444 e. The molecule has 0 radical (unpaired) electrons. The molecule has 2 amide bonds. The molecule has 1 aromatic carbocycles. The van der Waals surface area contributed by atoms with Crippen molar-refractivity contribution in [3.8, 4) is 0 Å². The van der Waals surface area contributed by atoms with Crippen molar-refractivity contribution in [3.05, 3.63) is 53.6 Å². The summed E-state index contributed by atoms with van der Waals surface area (Å²) in [5.74, 6) is 0.165. The average Bonchev–Trinajstić information content (AvgIpc) is 3.61. The number of carbonyl (C=O) groups excluding carboxylic acids is 2. The van der Waals surface area contributed by atoms with Crippen LogP contribution in [0.2, 0.25) is 0 Å².